The zero-order valence-corrected chi connectivity index (χ0v) is 11.6. The quantitative estimate of drug-likeness (QED) is 0.836. The van der Waals surface area contributed by atoms with Crippen molar-refractivity contribution in [1.29, 1.82) is 5.26 Å². The summed E-state index contributed by atoms with van der Waals surface area (Å²) >= 11 is 0. The van der Waals surface area contributed by atoms with Gasteiger partial charge in [-0.05, 0) is 44.9 Å². The van der Waals surface area contributed by atoms with E-state index in [1.807, 2.05) is 38.1 Å². The predicted octanol–water partition coefficient (Wildman–Crippen LogP) is 3.43. The minimum absolute atomic E-state index is 0.142. The van der Waals surface area contributed by atoms with Crippen LogP contribution >= 0.6 is 0 Å². The van der Waals surface area contributed by atoms with Gasteiger partial charge >= 0.3 is 0 Å². The molecule has 2 atom stereocenters. The molecule has 1 aromatic rings. The number of nitrogens with zero attached hydrogens (tertiary/aromatic N) is 1. The number of nitriles is 1. The number of rotatable bonds is 6. The molecule has 0 saturated heterocycles. The van der Waals surface area contributed by atoms with Crippen molar-refractivity contribution in [3.05, 3.63) is 29.8 Å². The van der Waals surface area contributed by atoms with Gasteiger partial charge < -0.3 is 4.74 Å². The molecule has 0 aliphatic heterocycles. The molecule has 0 spiro atoms. The molecule has 0 fully saturated rings. The Morgan fingerprint density at radius 3 is 2.61 bits per heavy atom. The Kier molecular flexibility index (Phi) is 5.67. The van der Waals surface area contributed by atoms with Crippen LogP contribution in [0.1, 0.15) is 45.7 Å². The van der Waals surface area contributed by atoms with E-state index >= 15 is 0 Å². The van der Waals surface area contributed by atoms with Gasteiger partial charge in [0.2, 0.25) is 0 Å². The van der Waals surface area contributed by atoms with E-state index in [1.54, 1.807) is 0 Å². The van der Waals surface area contributed by atoms with Crippen molar-refractivity contribution in [2.75, 3.05) is 0 Å². The Hall–Kier alpha value is -1.53. The molecular formula is C15H22N2O. The van der Waals surface area contributed by atoms with E-state index in [4.69, 9.17) is 4.74 Å². The lowest BCUT2D eigenvalue weighted by atomic mass is 10.1. The summed E-state index contributed by atoms with van der Waals surface area (Å²) in [6.07, 6.45) is 1.14. The van der Waals surface area contributed by atoms with Gasteiger partial charge in [-0.15, -0.1) is 0 Å². The van der Waals surface area contributed by atoms with Crippen molar-refractivity contribution >= 4 is 0 Å². The largest absolute Gasteiger partial charge is 0.491 e. The monoisotopic (exact) mass is 246 g/mol. The Morgan fingerprint density at radius 1 is 1.33 bits per heavy atom. The molecule has 0 aliphatic rings. The molecule has 1 N–H and O–H groups in total. The Balaban J connectivity index is 2.83. The summed E-state index contributed by atoms with van der Waals surface area (Å²) in [5.74, 6) is 0.814. The number of hydrogen-bond donors (Lipinski definition) is 1. The fourth-order valence-corrected chi connectivity index (χ4v) is 1.65. The van der Waals surface area contributed by atoms with Crippen LogP contribution < -0.4 is 10.1 Å². The summed E-state index contributed by atoms with van der Waals surface area (Å²) in [5, 5.41) is 12.5. The van der Waals surface area contributed by atoms with Crippen molar-refractivity contribution in [3.63, 3.8) is 0 Å². The first-order valence-corrected chi connectivity index (χ1v) is 6.49. The lowest BCUT2D eigenvalue weighted by Gasteiger charge is -2.18. The highest BCUT2D eigenvalue weighted by atomic mass is 16.5. The van der Waals surface area contributed by atoms with E-state index in [9.17, 15) is 5.26 Å². The van der Waals surface area contributed by atoms with Gasteiger partial charge in [0.1, 0.15) is 11.8 Å². The van der Waals surface area contributed by atoms with Crippen LogP contribution in [0.3, 0.4) is 0 Å². The molecule has 3 heteroatoms. The first-order chi connectivity index (χ1) is 8.56. The van der Waals surface area contributed by atoms with Crippen LogP contribution in [0, 0.1) is 11.3 Å². The predicted molar refractivity (Wildman–Crippen MR) is 73.4 cm³/mol. The van der Waals surface area contributed by atoms with Gasteiger partial charge in [-0.1, -0.05) is 19.1 Å². The zero-order chi connectivity index (χ0) is 13.5. The molecular weight excluding hydrogens is 224 g/mol. The van der Waals surface area contributed by atoms with E-state index in [0.29, 0.717) is 6.04 Å². The Morgan fingerprint density at radius 2 is 2.06 bits per heavy atom. The first kappa shape index (κ1) is 14.5. The maximum Gasteiger partial charge on any atom is 0.121 e. The second-order valence-electron chi connectivity index (χ2n) is 4.78. The molecule has 3 nitrogen and oxygen atoms in total. The summed E-state index contributed by atoms with van der Waals surface area (Å²) in [5.41, 5.74) is 0.955. The molecule has 0 saturated carbocycles. The van der Waals surface area contributed by atoms with Crippen molar-refractivity contribution < 1.29 is 4.74 Å². The average Bonchev–Trinajstić information content (AvgIpc) is 2.35. The van der Waals surface area contributed by atoms with Gasteiger partial charge in [0, 0.05) is 6.04 Å². The second kappa shape index (κ2) is 7.03. The van der Waals surface area contributed by atoms with E-state index < -0.39 is 0 Å². The summed E-state index contributed by atoms with van der Waals surface area (Å²) in [6.45, 7) is 8.17. The number of benzene rings is 1. The van der Waals surface area contributed by atoms with Crippen LogP contribution in [0.15, 0.2) is 24.3 Å². The van der Waals surface area contributed by atoms with E-state index in [1.165, 1.54) is 0 Å². The normalized spacial score (nSPS) is 14.0. The third-order valence-corrected chi connectivity index (χ3v) is 2.76. The summed E-state index contributed by atoms with van der Waals surface area (Å²) in [7, 11) is 0. The highest BCUT2D eigenvalue weighted by Gasteiger charge is 2.13. The van der Waals surface area contributed by atoms with Gasteiger partial charge in [-0.25, -0.2) is 0 Å². The fourth-order valence-electron chi connectivity index (χ4n) is 1.65. The summed E-state index contributed by atoms with van der Waals surface area (Å²) in [4.78, 5) is 0. The van der Waals surface area contributed by atoms with Crippen LogP contribution in [0.4, 0.5) is 0 Å². The van der Waals surface area contributed by atoms with Gasteiger partial charge in [-0.2, -0.15) is 5.26 Å². The van der Waals surface area contributed by atoms with Gasteiger partial charge in [0.15, 0.2) is 0 Å². The molecule has 1 rings (SSSR count). The molecule has 0 radical (unpaired) electrons. The van der Waals surface area contributed by atoms with E-state index in [0.717, 1.165) is 17.7 Å². The molecule has 98 valence electrons. The second-order valence-corrected chi connectivity index (χ2v) is 4.78. The van der Waals surface area contributed by atoms with Crippen LogP contribution in [0.5, 0.6) is 5.75 Å². The minimum Gasteiger partial charge on any atom is -0.491 e. The topological polar surface area (TPSA) is 45.0 Å². The van der Waals surface area contributed by atoms with Crippen LogP contribution in [-0.2, 0) is 0 Å². The number of nitrogens with one attached hydrogen (secondary N) is 1. The molecule has 0 heterocycles. The maximum atomic E-state index is 9.24. The SMILES string of the molecule is CCC(C)NC(C#N)c1cccc(OC(C)C)c1. The van der Waals surface area contributed by atoms with Gasteiger partial charge in [-0.3, -0.25) is 5.32 Å². The fraction of sp³-hybridized carbons (Fsp3) is 0.533. The molecule has 1 aromatic carbocycles. The smallest absolute Gasteiger partial charge is 0.121 e. The average molecular weight is 246 g/mol. The van der Waals surface area contributed by atoms with Crippen molar-refractivity contribution in [3.8, 4) is 11.8 Å². The van der Waals surface area contributed by atoms with Crippen LogP contribution in [0.2, 0.25) is 0 Å². The number of ether oxygens (including phenoxy) is 1. The third kappa shape index (κ3) is 4.38. The standard InChI is InChI=1S/C15H22N2O/c1-5-12(4)17-15(10-16)13-7-6-8-14(9-13)18-11(2)3/h6-9,11-12,15,17H,5H2,1-4H3. The van der Waals surface area contributed by atoms with Gasteiger partial charge in [0.05, 0.1) is 12.2 Å². The van der Waals surface area contributed by atoms with Crippen LogP contribution in [-0.4, -0.2) is 12.1 Å². The Labute approximate surface area is 110 Å². The van der Waals surface area contributed by atoms with Crippen molar-refractivity contribution in [2.45, 2.75) is 52.3 Å². The minimum atomic E-state index is -0.282. The molecule has 0 aliphatic carbocycles. The lowest BCUT2D eigenvalue weighted by Crippen LogP contribution is -2.29. The summed E-state index contributed by atoms with van der Waals surface area (Å²) in [6, 6.07) is 10.1. The molecule has 0 aromatic heterocycles. The first-order valence-electron chi connectivity index (χ1n) is 6.49. The molecule has 2 unspecified atom stereocenters. The third-order valence-electron chi connectivity index (χ3n) is 2.76. The van der Waals surface area contributed by atoms with Crippen LogP contribution in [0.25, 0.3) is 0 Å². The maximum absolute atomic E-state index is 9.24. The van der Waals surface area contributed by atoms with Gasteiger partial charge in [0.25, 0.3) is 0 Å². The summed E-state index contributed by atoms with van der Waals surface area (Å²) < 4.78 is 5.64. The molecule has 18 heavy (non-hydrogen) atoms. The molecule has 0 bridgehead atoms. The molecule has 0 amide bonds. The zero-order valence-electron chi connectivity index (χ0n) is 11.6. The van der Waals surface area contributed by atoms with Crippen molar-refractivity contribution in [2.24, 2.45) is 0 Å². The highest BCUT2D eigenvalue weighted by Crippen LogP contribution is 2.20. The number of hydrogen-bond acceptors (Lipinski definition) is 3. The highest BCUT2D eigenvalue weighted by molar-refractivity contribution is 5.33. The Bertz CT molecular complexity index is 409. The van der Waals surface area contributed by atoms with E-state index in [2.05, 4.69) is 25.2 Å². The lowest BCUT2D eigenvalue weighted by molar-refractivity contribution is 0.242. The van der Waals surface area contributed by atoms with Crippen molar-refractivity contribution in [1.82, 2.24) is 5.32 Å². The van der Waals surface area contributed by atoms with E-state index in [-0.39, 0.29) is 12.1 Å².